The van der Waals surface area contributed by atoms with Gasteiger partial charge in [0.05, 0.1) is 25.7 Å². The molecule has 0 spiro atoms. The predicted octanol–water partition coefficient (Wildman–Crippen LogP) is 1.14. The number of aliphatic hydroxyl groups excluding tert-OH is 1. The number of carbonyl (C=O) groups excluding carboxylic acids is 2. The van der Waals surface area contributed by atoms with Crippen LogP contribution in [0.1, 0.15) is 29.0 Å². The lowest BCUT2D eigenvalue weighted by Gasteiger charge is -2.17. The average molecular weight is 304 g/mol. The molecule has 7 heteroatoms. The van der Waals surface area contributed by atoms with Crippen LogP contribution >= 0.6 is 0 Å². The van der Waals surface area contributed by atoms with E-state index in [2.05, 4.69) is 14.5 Å². The average Bonchev–Trinajstić information content (AvgIpc) is 3.03. The van der Waals surface area contributed by atoms with E-state index in [1.54, 1.807) is 4.57 Å². The predicted molar refractivity (Wildman–Crippen MR) is 75.9 cm³/mol. The van der Waals surface area contributed by atoms with Crippen molar-refractivity contribution >= 4 is 11.9 Å². The Kier molecular flexibility index (Phi) is 4.90. The van der Waals surface area contributed by atoms with E-state index in [9.17, 15) is 14.7 Å². The number of nitrogens with zero attached hydrogens (tertiary/aromatic N) is 2. The molecule has 0 saturated carbocycles. The molecule has 0 aliphatic carbocycles. The van der Waals surface area contributed by atoms with E-state index < -0.39 is 18.2 Å². The smallest absolute Gasteiger partial charge is 0.375 e. The Hall–Kier alpha value is -2.67. The summed E-state index contributed by atoms with van der Waals surface area (Å²) in [5.74, 6) is -1.91. The van der Waals surface area contributed by atoms with Crippen molar-refractivity contribution in [1.29, 1.82) is 0 Å². The fourth-order valence-corrected chi connectivity index (χ4v) is 1.97. The quantitative estimate of drug-likeness (QED) is 0.658. The van der Waals surface area contributed by atoms with Crippen LogP contribution in [0.4, 0.5) is 0 Å². The van der Waals surface area contributed by atoms with Crippen LogP contribution in [-0.4, -0.2) is 40.0 Å². The third-order valence-electron chi connectivity index (χ3n) is 3.20. The number of rotatable bonds is 5. The first-order chi connectivity index (χ1) is 10.5. The van der Waals surface area contributed by atoms with Gasteiger partial charge in [0.25, 0.3) is 6.29 Å². The zero-order valence-electron chi connectivity index (χ0n) is 12.2. The van der Waals surface area contributed by atoms with Crippen molar-refractivity contribution in [1.82, 2.24) is 9.55 Å². The third-order valence-corrected chi connectivity index (χ3v) is 3.20. The van der Waals surface area contributed by atoms with Crippen molar-refractivity contribution in [3.8, 4) is 0 Å². The lowest BCUT2D eigenvalue weighted by Crippen LogP contribution is -2.29. The van der Waals surface area contributed by atoms with Gasteiger partial charge in [0.15, 0.2) is 0 Å². The SMILES string of the molecule is COC(=O)C(O)OC(=O)c1cncn1[C@H](C)c1ccccc1. The molecule has 0 aliphatic heterocycles. The molecule has 116 valence electrons. The molecule has 0 amide bonds. The molecule has 1 unspecified atom stereocenters. The van der Waals surface area contributed by atoms with Gasteiger partial charge in [-0.25, -0.2) is 14.6 Å². The Labute approximate surface area is 127 Å². The molecule has 1 N–H and O–H groups in total. The van der Waals surface area contributed by atoms with Crippen molar-refractivity contribution in [2.45, 2.75) is 19.3 Å². The Morgan fingerprint density at radius 1 is 1.27 bits per heavy atom. The van der Waals surface area contributed by atoms with Gasteiger partial charge in [-0.05, 0) is 12.5 Å². The summed E-state index contributed by atoms with van der Waals surface area (Å²) in [6.45, 7) is 1.89. The van der Waals surface area contributed by atoms with Crippen LogP contribution in [0.5, 0.6) is 0 Å². The summed E-state index contributed by atoms with van der Waals surface area (Å²) in [4.78, 5) is 27.1. The monoisotopic (exact) mass is 304 g/mol. The van der Waals surface area contributed by atoms with E-state index >= 15 is 0 Å². The molecule has 0 bridgehead atoms. The van der Waals surface area contributed by atoms with E-state index in [1.807, 2.05) is 37.3 Å². The first-order valence-corrected chi connectivity index (χ1v) is 6.58. The summed E-state index contributed by atoms with van der Waals surface area (Å²) >= 11 is 0. The Morgan fingerprint density at radius 3 is 2.59 bits per heavy atom. The number of aromatic nitrogens is 2. The number of ether oxygens (including phenoxy) is 2. The highest BCUT2D eigenvalue weighted by atomic mass is 16.7. The Bertz CT molecular complexity index is 653. The number of aliphatic hydroxyl groups is 1. The molecule has 2 rings (SSSR count). The Balaban J connectivity index is 2.19. The van der Waals surface area contributed by atoms with E-state index in [0.717, 1.165) is 12.7 Å². The zero-order chi connectivity index (χ0) is 16.1. The minimum absolute atomic E-state index is 0.124. The molecular formula is C15H16N2O5. The summed E-state index contributed by atoms with van der Waals surface area (Å²) in [5, 5.41) is 9.39. The molecule has 0 aliphatic rings. The van der Waals surface area contributed by atoms with Crippen LogP contribution < -0.4 is 0 Å². The van der Waals surface area contributed by atoms with Crippen LogP contribution in [0.15, 0.2) is 42.9 Å². The first kappa shape index (κ1) is 15.7. The second kappa shape index (κ2) is 6.86. The lowest BCUT2D eigenvalue weighted by atomic mass is 10.1. The normalized spacial score (nSPS) is 13.2. The zero-order valence-corrected chi connectivity index (χ0v) is 12.2. The number of hydrogen-bond acceptors (Lipinski definition) is 6. The van der Waals surface area contributed by atoms with E-state index in [0.29, 0.717) is 0 Å². The topological polar surface area (TPSA) is 90.7 Å². The van der Waals surface area contributed by atoms with Crippen molar-refractivity contribution < 1.29 is 24.2 Å². The summed E-state index contributed by atoms with van der Waals surface area (Å²) in [5.41, 5.74) is 1.10. The number of carbonyl (C=O) groups is 2. The third kappa shape index (κ3) is 3.32. The van der Waals surface area contributed by atoms with Crippen molar-refractivity contribution in [3.63, 3.8) is 0 Å². The molecule has 2 atom stereocenters. The highest BCUT2D eigenvalue weighted by Crippen LogP contribution is 2.20. The molecule has 1 aromatic carbocycles. The summed E-state index contributed by atoms with van der Waals surface area (Å²) in [6, 6.07) is 9.35. The highest BCUT2D eigenvalue weighted by Gasteiger charge is 2.24. The molecule has 1 heterocycles. The van der Waals surface area contributed by atoms with Gasteiger partial charge < -0.3 is 19.1 Å². The Morgan fingerprint density at radius 2 is 1.95 bits per heavy atom. The van der Waals surface area contributed by atoms with Gasteiger partial charge in [-0.15, -0.1) is 0 Å². The number of imidazole rings is 1. The van der Waals surface area contributed by atoms with Crippen LogP contribution in [-0.2, 0) is 14.3 Å². The first-order valence-electron chi connectivity index (χ1n) is 6.58. The number of esters is 2. The van der Waals surface area contributed by atoms with Gasteiger partial charge in [-0.3, -0.25) is 0 Å². The van der Waals surface area contributed by atoms with E-state index in [-0.39, 0.29) is 11.7 Å². The fraction of sp³-hybridized carbons (Fsp3) is 0.267. The van der Waals surface area contributed by atoms with Crippen LogP contribution in [0.25, 0.3) is 0 Å². The van der Waals surface area contributed by atoms with Gasteiger partial charge in [0.2, 0.25) is 0 Å². The highest BCUT2D eigenvalue weighted by molar-refractivity contribution is 5.89. The largest absolute Gasteiger partial charge is 0.464 e. The molecular weight excluding hydrogens is 288 g/mol. The minimum atomic E-state index is -1.96. The maximum atomic E-state index is 12.0. The molecule has 22 heavy (non-hydrogen) atoms. The molecule has 2 aromatic rings. The molecule has 0 saturated heterocycles. The summed E-state index contributed by atoms with van der Waals surface area (Å²) < 4.78 is 10.5. The summed E-state index contributed by atoms with van der Waals surface area (Å²) in [7, 11) is 1.08. The van der Waals surface area contributed by atoms with Gasteiger partial charge in [-0.1, -0.05) is 30.3 Å². The molecule has 1 aromatic heterocycles. The fourth-order valence-electron chi connectivity index (χ4n) is 1.97. The number of benzene rings is 1. The number of hydrogen-bond donors (Lipinski definition) is 1. The van der Waals surface area contributed by atoms with Crippen molar-refractivity contribution in [2.24, 2.45) is 0 Å². The van der Waals surface area contributed by atoms with Crippen LogP contribution in [0, 0.1) is 0 Å². The summed E-state index contributed by atoms with van der Waals surface area (Å²) in [6.07, 6.45) is 0.831. The van der Waals surface area contributed by atoms with Crippen molar-refractivity contribution in [3.05, 3.63) is 54.1 Å². The van der Waals surface area contributed by atoms with E-state index in [1.165, 1.54) is 12.5 Å². The van der Waals surface area contributed by atoms with Gasteiger partial charge in [0, 0.05) is 0 Å². The van der Waals surface area contributed by atoms with E-state index in [4.69, 9.17) is 0 Å². The van der Waals surface area contributed by atoms with Crippen molar-refractivity contribution in [2.75, 3.05) is 7.11 Å². The second-order valence-electron chi connectivity index (χ2n) is 4.55. The molecule has 0 radical (unpaired) electrons. The molecule has 7 nitrogen and oxygen atoms in total. The van der Waals surface area contributed by atoms with Gasteiger partial charge in [0.1, 0.15) is 5.69 Å². The second-order valence-corrected chi connectivity index (χ2v) is 4.55. The maximum absolute atomic E-state index is 12.0. The van der Waals surface area contributed by atoms with Gasteiger partial charge >= 0.3 is 11.9 Å². The molecule has 0 fully saturated rings. The maximum Gasteiger partial charge on any atom is 0.375 e. The van der Waals surface area contributed by atoms with Gasteiger partial charge in [-0.2, -0.15) is 0 Å². The number of methoxy groups -OCH3 is 1. The van der Waals surface area contributed by atoms with Crippen LogP contribution in [0.3, 0.4) is 0 Å². The standard InChI is InChI=1S/C15H16N2O5/c1-10(11-6-4-3-5-7-11)17-9-16-8-12(17)13(18)22-15(20)14(19)21-2/h3-10,15,20H,1-2H3/t10-,15?/m1/s1. The lowest BCUT2D eigenvalue weighted by molar-refractivity contribution is -0.170. The minimum Gasteiger partial charge on any atom is -0.464 e. The van der Waals surface area contributed by atoms with Crippen LogP contribution in [0.2, 0.25) is 0 Å².